The molecule has 10 nitrogen and oxygen atoms in total. The Balaban J connectivity index is 1.14. The standard InChI is InChI=1S/C30H33F2N4O6PS/c31-30(32,43(40,41)42)20-8-11-25-19(14-20)15-26(44-25)27(37)34-23-7-2-1-6-22-9-10-24(36(22)28(23)38)29(39)35-16-18(17-35)13-21-5-3-4-12-33-21/h3-5,8,11-12,14-15,18,22-24H,1-2,6-7,9-10,13,16-17H2,(H,34,37)(H2,40,41,42)/t22-,23-,24-/m0/s1. The predicted octanol–water partition coefficient (Wildman–Crippen LogP) is 4.26. The third kappa shape index (κ3) is 5.90. The minimum atomic E-state index is -5.74. The number of carbonyl (C=O) groups excluding carboxylic acids is 3. The van der Waals surface area contributed by atoms with E-state index in [1.807, 2.05) is 23.1 Å². The fourth-order valence-corrected chi connectivity index (χ4v) is 7.97. The van der Waals surface area contributed by atoms with Crippen LogP contribution < -0.4 is 5.32 Å². The lowest BCUT2D eigenvalue weighted by atomic mass is 9.93. The molecule has 234 valence electrons. The van der Waals surface area contributed by atoms with Crippen molar-refractivity contribution in [1.29, 1.82) is 0 Å². The van der Waals surface area contributed by atoms with Gasteiger partial charge >= 0.3 is 13.3 Å². The van der Waals surface area contributed by atoms with Crippen molar-refractivity contribution in [2.45, 2.75) is 68.7 Å². The zero-order valence-corrected chi connectivity index (χ0v) is 25.5. The molecule has 3 aliphatic heterocycles. The van der Waals surface area contributed by atoms with Crippen LogP contribution in [-0.4, -0.2) is 73.5 Å². The van der Waals surface area contributed by atoms with Crippen molar-refractivity contribution in [2.24, 2.45) is 5.92 Å². The van der Waals surface area contributed by atoms with E-state index in [1.54, 1.807) is 11.1 Å². The number of fused-ring (bicyclic) bond motifs is 2. The smallest absolute Gasteiger partial charge is 0.340 e. The lowest BCUT2D eigenvalue weighted by Gasteiger charge is -2.43. The Morgan fingerprint density at radius 1 is 1.07 bits per heavy atom. The molecule has 0 spiro atoms. The molecule has 3 atom stereocenters. The van der Waals surface area contributed by atoms with E-state index in [4.69, 9.17) is 9.79 Å². The first-order valence-electron chi connectivity index (χ1n) is 14.7. The van der Waals surface area contributed by atoms with Gasteiger partial charge in [0.25, 0.3) is 5.91 Å². The number of halogens is 2. The van der Waals surface area contributed by atoms with Crippen molar-refractivity contribution in [2.75, 3.05) is 13.1 Å². The minimum absolute atomic E-state index is 0.0591. The van der Waals surface area contributed by atoms with Gasteiger partial charge in [-0.15, -0.1) is 11.3 Å². The van der Waals surface area contributed by atoms with Crippen LogP contribution in [0, 0.1) is 5.92 Å². The molecule has 0 radical (unpaired) electrons. The number of hydrogen-bond acceptors (Lipinski definition) is 6. The molecule has 44 heavy (non-hydrogen) atoms. The Morgan fingerprint density at radius 2 is 1.84 bits per heavy atom. The molecule has 0 bridgehead atoms. The van der Waals surface area contributed by atoms with Crippen LogP contribution in [0.3, 0.4) is 0 Å². The number of aromatic nitrogens is 1. The first-order valence-corrected chi connectivity index (χ1v) is 17.1. The summed E-state index contributed by atoms with van der Waals surface area (Å²) in [6, 6.07) is 8.86. The lowest BCUT2D eigenvalue weighted by molar-refractivity contribution is -0.150. The molecule has 3 saturated heterocycles. The van der Waals surface area contributed by atoms with Crippen LogP contribution in [0.5, 0.6) is 0 Å². The maximum Gasteiger partial charge on any atom is 0.399 e. The van der Waals surface area contributed by atoms with E-state index < -0.39 is 36.8 Å². The molecule has 5 heterocycles. The van der Waals surface area contributed by atoms with Crippen LogP contribution in [0.25, 0.3) is 10.1 Å². The number of amides is 3. The van der Waals surface area contributed by atoms with Crippen LogP contribution in [0.15, 0.2) is 48.7 Å². The summed E-state index contributed by atoms with van der Waals surface area (Å²) >= 11 is 1.03. The number of carbonyl (C=O) groups is 3. The molecule has 3 aromatic rings. The predicted molar refractivity (Wildman–Crippen MR) is 159 cm³/mol. The first-order chi connectivity index (χ1) is 20.9. The van der Waals surface area contributed by atoms with Gasteiger partial charge in [-0.1, -0.05) is 25.0 Å². The second-order valence-corrected chi connectivity index (χ2v) is 14.6. The van der Waals surface area contributed by atoms with Crippen LogP contribution >= 0.6 is 18.9 Å². The third-order valence-corrected chi connectivity index (χ3v) is 11.0. The van der Waals surface area contributed by atoms with Gasteiger partial charge in [-0.05, 0) is 73.7 Å². The van der Waals surface area contributed by atoms with Crippen molar-refractivity contribution < 1.29 is 37.5 Å². The molecule has 3 fully saturated rings. The molecule has 0 unspecified atom stereocenters. The number of hydrogen-bond donors (Lipinski definition) is 3. The summed E-state index contributed by atoms with van der Waals surface area (Å²) in [5.41, 5.74) is -4.23. The van der Waals surface area contributed by atoms with Gasteiger partial charge in [-0.3, -0.25) is 23.9 Å². The van der Waals surface area contributed by atoms with Gasteiger partial charge in [0.15, 0.2) is 0 Å². The van der Waals surface area contributed by atoms with Gasteiger partial charge in [0, 0.05) is 41.3 Å². The highest BCUT2D eigenvalue weighted by atomic mass is 32.1. The number of nitrogens with zero attached hydrogens (tertiary/aromatic N) is 3. The van der Waals surface area contributed by atoms with Crippen molar-refractivity contribution in [1.82, 2.24) is 20.1 Å². The van der Waals surface area contributed by atoms with Gasteiger partial charge in [-0.2, -0.15) is 8.78 Å². The molecule has 3 N–H and O–H groups in total. The van der Waals surface area contributed by atoms with E-state index in [9.17, 15) is 27.7 Å². The largest absolute Gasteiger partial charge is 0.399 e. The van der Waals surface area contributed by atoms with Crippen LogP contribution in [-0.2, 0) is 26.2 Å². The monoisotopic (exact) mass is 646 g/mol. The number of nitrogens with one attached hydrogen (secondary N) is 1. The van der Waals surface area contributed by atoms with E-state index in [0.717, 1.165) is 61.3 Å². The Hall–Kier alpha value is -3.25. The third-order valence-electron chi connectivity index (χ3n) is 8.87. The van der Waals surface area contributed by atoms with Gasteiger partial charge in [-0.25, -0.2) is 0 Å². The van der Waals surface area contributed by atoms with Crippen molar-refractivity contribution in [3.05, 3.63) is 64.8 Å². The lowest BCUT2D eigenvalue weighted by Crippen LogP contribution is -2.60. The van der Waals surface area contributed by atoms with Gasteiger partial charge in [0.1, 0.15) is 12.1 Å². The highest BCUT2D eigenvalue weighted by Crippen LogP contribution is 2.59. The molecule has 0 saturated carbocycles. The summed E-state index contributed by atoms with van der Waals surface area (Å²) in [7, 11) is -5.74. The van der Waals surface area contributed by atoms with Gasteiger partial charge in [0.2, 0.25) is 11.8 Å². The fraction of sp³-hybridized carbons (Fsp3) is 0.467. The Bertz CT molecular complexity index is 1630. The maximum atomic E-state index is 14.2. The summed E-state index contributed by atoms with van der Waals surface area (Å²) in [5, 5.41) is 3.05. The van der Waals surface area contributed by atoms with E-state index in [0.29, 0.717) is 36.5 Å². The molecule has 14 heteroatoms. The Labute approximate surface area is 256 Å². The summed E-state index contributed by atoms with van der Waals surface area (Å²) in [6.07, 6.45) is 6.66. The molecule has 3 amide bonds. The topological polar surface area (TPSA) is 140 Å². The number of rotatable bonds is 7. The molecule has 6 rings (SSSR count). The molecular weight excluding hydrogens is 613 g/mol. The number of benzene rings is 1. The van der Waals surface area contributed by atoms with Crippen LogP contribution in [0.1, 0.15) is 59.5 Å². The second-order valence-electron chi connectivity index (χ2n) is 11.9. The summed E-state index contributed by atoms with van der Waals surface area (Å²) in [4.78, 5) is 67.0. The fourth-order valence-electron chi connectivity index (χ4n) is 6.55. The van der Waals surface area contributed by atoms with E-state index in [-0.39, 0.29) is 28.1 Å². The maximum absolute atomic E-state index is 14.2. The SMILES string of the molecule is O=C(N[C@H]1CCCC[C@H]2CC[C@@H](C(=O)N3CC(Cc4ccccn4)C3)N2C1=O)c1cc2cc(C(F)(F)P(=O)(O)O)ccc2s1. The Morgan fingerprint density at radius 3 is 2.57 bits per heavy atom. The summed E-state index contributed by atoms with van der Waals surface area (Å²) in [5.74, 6) is -0.570. The normalized spacial score (nSPS) is 23.2. The number of pyridine rings is 1. The Kier molecular flexibility index (Phi) is 8.34. The average molecular weight is 647 g/mol. The number of thiophene rings is 1. The van der Waals surface area contributed by atoms with E-state index in [2.05, 4.69) is 10.3 Å². The molecule has 1 aromatic carbocycles. The second kappa shape index (κ2) is 11.9. The zero-order chi connectivity index (χ0) is 31.2. The summed E-state index contributed by atoms with van der Waals surface area (Å²) < 4.78 is 40.3. The molecule has 0 aliphatic carbocycles. The number of alkyl halides is 2. The van der Waals surface area contributed by atoms with Crippen molar-refractivity contribution in [3.8, 4) is 0 Å². The van der Waals surface area contributed by atoms with Gasteiger partial charge < -0.3 is 24.9 Å². The van der Waals surface area contributed by atoms with Gasteiger partial charge in [0.05, 0.1) is 4.88 Å². The van der Waals surface area contributed by atoms with Crippen molar-refractivity contribution in [3.63, 3.8) is 0 Å². The highest BCUT2D eigenvalue weighted by molar-refractivity contribution is 7.52. The molecule has 3 aliphatic rings. The first kappa shape index (κ1) is 30.8. The van der Waals surface area contributed by atoms with E-state index >= 15 is 0 Å². The summed E-state index contributed by atoms with van der Waals surface area (Å²) in [6.45, 7) is 1.24. The average Bonchev–Trinajstić information content (AvgIpc) is 3.58. The van der Waals surface area contributed by atoms with E-state index in [1.165, 1.54) is 12.1 Å². The molecular formula is C30H33F2N4O6PS. The minimum Gasteiger partial charge on any atom is -0.340 e. The number of likely N-dealkylation sites (tertiary alicyclic amines) is 1. The van der Waals surface area contributed by atoms with Crippen LogP contribution in [0.2, 0.25) is 0 Å². The molecule has 2 aromatic heterocycles. The quantitative estimate of drug-likeness (QED) is 0.326. The highest BCUT2D eigenvalue weighted by Gasteiger charge is 2.50. The zero-order valence-electron chi connectivity index (χ0n) is 23.8. The van der Waals surface area contributed by atoms with Crippen molar-refractivity contribution >= 4 is 46.7 Å². The van der Waals surface area contributed by atoms with Crippen LogP contribution in [0.4, 0.5) is 8.78 Å².